The highest BCUT2D eigenvalue weighted by molar-refractivity contribution is 5.82. The Hall–Kier alpha value is -1.97. The van der Waals surface area contributed by atoms with Crippen LogP contribution in [0, 0.1) is 0 Å². The highest BCUT2D eigenvalue weighted by atomic mass is 19.1. The van der Waals surface area contributed by atoms with Crippen molar-refractivity contribution >= 4 is 16.9 Å². The molecule has 82 valence electrons. The van der Waals surface area contributed by atoms with Crippen LogP contribution in [0.15, 0.2) is 36.5 Å². The van der Waals surface area contributed by atoms with Gasteiger partial charge in [0.05, 0.1) is 5.52 Å². The van der Waals surface area contributed by atoms with Gasteiger partial charge in [0.15, 0.2) is 0 Å². The molecule has 0 radical (unpaired) electrons. The van der Waals surface area contributed by atoms with Crippen LogP contribution in [-0.2, 0) is 11.2 Å². The molecule has 0 spiro atoms. The smallest absolute Gasteiger partial charge is 0.338 e. The Labute approximate surface area is 91.5 Å². The topological polar surface area (TPSA) is 50.2 Å². The molecular weight excluding hydrogens is 209 g/mol. The van der Waals surface area contributed by atoms with Crippen molar-refractivity contribution in [2.75, 3.05) is 0 Å². The van der Waals surface area contributed by atoms with Crippen molar-refractivity contribution in [2.45, 2.75) is 12.6 Å². The minimum absolute atomic E-state index is 0.149. The number of alkyl halides is 1. The molecule has 0 aliphatic rings. The van der Waals surface area contributed by atoms with Gasteiger partial charge in [-0.1, -0.05) is 24.3 Å². The van der Waals surface area contributed by atoms with Gasteiger partial charge < -0.3 is 5.11 Å². The summed E-state index contributed by atoms with van der Waals surface area (Å²) in [6.07, 6.45) is -0.420. The first-order chi connectivity index (χ1) is 7.68. The number of rotatable bonds is 3. The zero-order valence-electron chi connectivity index (χ0n) is 8.43. The number of benzene rings is 1. The second-order valence-electron chi connectivity index (χ2n) is 3.50. The number of halogens is 1. The first kappa shape index (κ1) is 10.5. The number of carbonyl (C=O) groups is 1. The standard InChI is InChI=1S/C12H10FNO2/c13-10(12(15)16)7-9-4-1-3-8-5-2-6-14-11(8)9/h1-6,10H,7H2,(H,15,16). The number of pyridine rings is 1. The van der Waals surface area contributed by atoms with Gasteiger partial charge in [0, 0.05) is 18.0 Å². The van der Waals surface area contributed by atoms with Crippen LogP contribution in [0.4, 0.5) is 4.39 Å². The summed E-state index contributed by atoms with van der Waals surface area (Å²) in [7, 11) is 0. The van der Waals surface area contributed by atoms with Gasteiger partial charge in [0.25, 0.3) is 0 Å². The molecule has 0 aliphatic heterocycles. The Bertz CT molecular complexity index is 522. The zero-order chi connectivity index (χ0) is 11.5. The van der Waals surface area contributed by atoms with Crippen LogP contribution < -0.4 is 0 Å². The fourth-order valence-corrected chi connectivity index (χ4v) is 1.61. The van der Waals surface area contributed by atoms with Crippen molar-refractivity contribution < 1.29 is 14.3 Å². The monoisotopic (exact) mass is 219 g/mol. The van der Waals surface area contributed by atoms with Crippen LogP contribution in [0.25, 0.3) is 10.9 Å². The third-order valence-corrected chi connectivity index (χ3v) is 2.38. The Balaban J connectivity index is 2.41. The molecule has 1 N–H and O–H groups in total. The number of aromatic nitrogens is 1. The van der Waals surface area contributed by atoms with Gasteiger partial charge >= 0.3 is 5.97 Å². The second kappa shape index (κ2) is 4.26. The summed E-state index contributed by atoms with van der Waals surface area (Å²) >= 11 is 0. The summed E-state index contributed by atoms with van der Waals surface area (Å²) in [4.78, 5) is 14.6. The van der Waals surface area contributed by atoms with E-state index in [4.69, 9.17) is 5.11 Å². The fourth-order valence-electron chi connectivity index (χ4n) is 1.61. The summed E-state index contributed by atoms with van der Waals surface area (Å²) in [5.74, 6) is -1.44. The van der Waals surface area contributed by atoms with Gasteiger partial charge in [-0.15, -0.1) is 0 Å². The fraction of sp³-hybridized carbons (Fsp3) is 0.167. The molecule has 16 heavy (non-hydrogen) atoms. The quantitative estimate of drug-likeness (QED) is 0.860. The second-order valence-corrected chi connectivity index (χ2v) is 3.50. The van der Waals surface area contributed by atoms with Crippen molar-refractivity contribution in [3.05, 3.63) is 42.1 Å². The molecule has 1 aromatic heterocycles. The molecule has 2 aromatic rings. The number of carboxylic acid groups (broad SMARTS) is 1. The van der Waals surface area contributed by atoms with E-state index < -0.39 is 12.1 Å². The van der Waals surface area contributed by atoms with Crippen LogP contribution in [-0.4, -0.2) is 22.2 Å². The maximum atomic E-state index is 13.1. The number of para-hydroxylation sites is 1. The molecule has 1 aromatic carbocycles. The molecule has 0 saturated heterocycles. The van der Waals surface area contributed by atoms with E-state index in [1.165, 1.54) is 0 Å². The van der Waals surface area contributed by atoms with E-state index in [2.05, 4.69) is 4.98 Å². The Kier molecular flexibility index (Phi) is 2.81. The van der Waals surface area contributed by atoms with Gasteiger partial charge in [-0.25, -0.2) is 9.18 Å². The van der Waals surface area contributed by atoms with Crippen molar-refractivity contribution in [3.63, 3.8) is 0 Å². The average molecular weight is 219 g/mol. The molecule has 2 rings (SSSR count). The van der Waals surface area contributed by atoms with Gasteiger partial charge in [0.1, 0.15) is 0 Å². The van der Waals surface area contributed by atoms with Crippen LogP contribution in [0.1, 0.15) is 5.56 Å². The van der Waals surface area contributed by atoms with E-state index in [1.807, 2.05) is 12.1 Å². The minimum atomic E-state index is -1.88. The summed E-state index contributed by atoms with van der Waals surface area (Å²) in [5, 5.41) is 9.41. The van der Waals surface area contributed by atoms with Crippen LogP contribution in [0.2, 0.25) is 0 Å². The third kappa shape index (κ3) is 2.00. The lowest BCUT2D eigenvalue weighted by atomic mass is 10.0. The summed E-state index contributed by atoms with van der Waals surface area (Å²) in [6.45, 7) is 0. The van der Waals surface area contributed by atoms with Gasteiger partial charge in [-0.2, -0.15) is 0 Å². The van der Waals surface area contributed by atoms with Crippen LogP contribution in [0.5, 0.6) is 0 Å². The van der Waals surface area contributed by atoms with Crippen LogP contribution in [0.3, 0.4) is 0 Å². The molecule has 0 fully saturated rings. The molecule has 0 saturated carbocycles. The first-order valence-electron chi connectivity index (χ1n) is 4.88. The molecule has 1 unspecified atom stereocenters. The van der Waals surface area contributed by atoms with E-state index >= 15 is 0 Å². The van der Waals surface area contributed by atoms with E-state index in [0.29, 0.717) is 11.1 Å². The van der Waals surface area contributed by atoms with E-state index in [1.54, 1.807) is 24.4 Å². The number of carboxylic acids is 1. The minimum Gasteiger partial charge on any atom is -0.479 e. The molecule has 1 atom stereocenters. The highest BCUT2D eigenvalue weighted by Crippen LogP contribution is 2.18. The number of nitrogens with zero attached hydrogens (tertiary/aromatic N) is 1. The average Bonchev–Trinajstić information content (AvgIpc) is 2.29. The normalized spacial score (nSPS) is 12.6. The SMILES string of the molecule is O=C(O)C(F)Cc1cccc2cccnc12. The van der Waals surface area contributed by atoms with Gasteiger partial charge in [0.2, 0.25) is 6.17 Å². The Morgan fingerprint density at radius 1 is 1.38 bits per heavy atom. The predicted molar refractivity (Wildman–Crippen MR) is 58.0 cm³/mol. The molecule has 0 aliphatic carbocycles. The summed E-state index contributed by atoms with van der Waals surface area (Å²) < 4.78 is 13.1. The largest absolute Gasteiger partial charge is 0.479 e. The molecule has 3 nitrogen and oxygen atoms in total. The van der Waals surface area contributed by atoms with Crippen molar-refractivity contribution in [1.82, 2.24) is 4.98 Å². The summed E-state index contributed by atoms with van der Waals surface area (Å²) in [5.41, 5.74) is 1.28. The van der Waals surface area contributed by atoms with E-state index in [-0.39, 0.29) is 6.42 Å². The zero-order valence-corrected chi connectivity index (χ0v) is 8.43. The molecule has 1 heterocycles. The third-order valence-electron chi connectivity index (χ3n) is 2.38. The molecule has 0 bridgehead atoms. The van der Waals surface area contributed by atoms with E-state index in [0.717, 1.165) is 5.39 Å². The summed E-state index contributed by atoms with van der Waals surface area (Å²) in [6, 6.07) is 8.98. The van der Waals surface area contributed by atoms with Gasteiger partial charge in [-0.3, -0.25) is 4.98 Å². The molecule has 0 amide bonds. The van der Waals surface area contributed by atoms with Crippen molar-refractivity contribution in [3.8, 4) is 0 Å². The van der Waals surface area contributed by atoms with Crippen molar-refractivity contribution in [2.24, 2.45) is 0 Å². The van der Waals surface area contributed by atoms with Crippen LogP contribution >= 0.6 is 0 Å². The number of fused-ring (bicyclic) bond motifs is 1. The first-order valence-corrected chi connectivity index (χ1v) is 4.88. The Morgan fingerprint density at radius 3 is 2.88 bits per heavy atom. The van der Waals surface area contributed by atoms with Gasteiger partial charge in [-0.05, 0) is 11.6 Å². The lowest BCUT2D eigenvalue weighted by molar-refractivity contribution is -0.142. The number of hydrogen-bond acceptors (Lipinski definition) is 2. The Morgan fingerprint density at radius 2 is 2.12 bits per heavy atom. The maximum absolute atomic E-state index is 13.1. The molecule has 4 heteroatoms. The predicted octanol–water partition coefficient (Wildman–Crippen LogP) is 2.20. The van der Waals surface area contributed by atoms with Crippen molar-refractivity contribution in [1.29, 1.82) is 0 Å². The lowest BCUT2D eigenvalue weighted by Crippen LogP contribution is -2.17. The lowest BCUT2D eigenvalue weighted by Gasteiger charge is -2.06. The highest BCUT2D eigenvalue weighted by Gasteiger charge is 2.17. The number of hydrogen-bond donors (Lipinski definition) is 1. The number of aliphatic carboxylic acids is 1. The van der Waals surface area contributed by atoms with E-state index in [9.17, 15) is 9.18 Å². The maximum Gasteiger partial charge on any atom is 0.338 e. The molecular formula is C12H10FNO2.